The smallest absolute Gasteiger partial charge is 0.332 e. The molecule has 146 valence electrons. The predicted octanol–water partition coefficient (Wildman–Crippen LogP) is 2.33. The molecule has 0 aromatic rings. The van der Waals surface area contributed by atoms with Gasteiger partial charge in [0.1, 0.15) is 6.04 Å². The fourth-order valence-corrected chi connectivity index (χ4v) is 2.19. The van der Waals surface area contributed by atoms with Crippen LogP contribution in [-0.2, 0) is 14.3 Å². The highest BCUT2D eigenvalue weighted by atomic mass is 16.5. The maximum Gasteiger partial charge on any atom is 0.332 e. The van der Waals surface area contributed by atoms with Crippen LogP contribution in [0.25, 0.3) is 0 Å². The molecule has 3 N–H and O–H groups in total. The van der Waals surface area contributed by atoms with Crippen molar-refractivity contribution >= 4 is 11.9 Å². The molecule has 0 fully saturated rings. The summed E-state index contributed by atoms with van der Waals surface area (Å²) in [5.74, 6) is -1.09. The zero-order chi connectivity index (χ0) is 19.5. The zero-order valence-corrected chi connectivity index (χ0v) is 16.3. The maximum absolute atomic E-state index is 12.1. The number of aliphatic hydroxyl groups excluding tert-OH is 1. The van der Waals surface area contributed by atoms with Crippen LogP contribution in [0.2, 0.25) is 0 Å². The average molecular weight is 357 g/mol. The zero-order valence-electron chi connectivity index (χ0n) is 16.3. The van der Waals surface area contributed by atoms with Crippen LogP contribution < -0.4 is 5.32 Å². The van der Waals surface area contributed by atoms with E-state index in [-0.39, 0.29) is 6.61 Å². The van der Waals surface area contributed by atoms with Gasteiger partial charge in [-0.05, 0) is 27.2 Å². The SMILES string of the molecule is CCCCCCCC(C)(O)C=C[C@H](NC(=O)C(C)(C)CO)C(=O)OC. The highest BCUT2D eigenvalue weighted by Crippen LogP contribution is 2.18. The fourth-order valence-electron chi connectivity index (χ4n) is 2.19. The highest BCUT2D eigenvalue weighted by Gasteiger charge is 2.30. The number of esters is 1. The predicted molar refractivity (Wildman–Crippen MR) is 98.0 cm³/mol. The summed E-state index contributed by atoms with van der Waals surface area (Å²) in [5, 5.41) is 22.2. The van der Waals surface area contributed by atoms with E-state index in [1.165, 1.54) is 32.1 Å². The summed E-state index contributed by atoms with van der Waals surface area (Å²) >= 11 is 0. The molecule has 25 heavy (non-hydrogen) atoms. The van der Waals surface area contributed by atoms with E-state index in [9.17, 15) is 19.8 Å². The van der Waals surface area contributed by atoms with Gasteiger partial charge in [-0.1, -0.05) is 51.2 Å². The summed E-state index contributed by atoms with van der Waals surface area (Å²) in [4.78, 5) is 24.0. The first kappa shape index (κ1) is 23.6. The number of ether oxygens (including phenoxy) is 1. The van der Waals surface area contributed by atoms with Gasteiger partial charge in [0.05, 0.1) is 24.7 Å². The van der Waals surface area contributed by atoms with Crippen LogP contribution in [0.3, 0.4) is 0 Å². The lowest BCUT2D eigenvalue weighted by Crippen LogP contribution is -2.47. The first-order valence-electron chi connectivity index (χ1n) is 9.01. The molecule has 0 aromatic heterocycles. The third-order valence-corrected chi connectivity index (χ3v) is 4.19. The molecule has 0 bridgehead atoms. The van der Waals surface area contributed by atoms with Crippen molar-refractivity contribution in [2.24, 2.45) is 5.41 Å². The lowest BCUT2D eigenvalue weighted by atomic mass is 9.93. The van der Waals surface area contributed by atoms with Crippen molar-refractivity contribution in [2.45, 2.75) is 77.9 Å². The minimum atomic E-state index is -1.06. The number of hydrogen-bond acceptors (Lipinski definition) is 5. The van der Waals surface area contributed by atoms with E-state index in [2.05, 4.69) is 12.2 Å². The Morgan fingerprint density at radius 2 is 1.76 bits per heavy atom. The molecule has 0 saturated carbocycles. The molecule has 2 atom stereocenters. The number of aliphatic hydroxyl groups is 2. The van der Waals surface area contributed by atoms with Gasteiger partial charge in [-0.25, -0.2) is 4.79 Å². The lowest BCUT2D eigenvalue weighted by Gasteiger charge is -2.24. The first-order valence-corrected chi connectivity index (χ1v) is 9.01. The van der Waals surface area contributed by atoms with E-state index in [1.807, 2.05) is 0 Å². The van der Waals surface area contributed by atoms with Crippen LogP contribution in [0.4, 0.5) is 0 Å². The molecule has 0 rings (SSSR count). The summed E-state index contributed by atoms with van der Waals surface area (Å²) < 4.78 is 4.70. The van der Waals surface area contributed by atoms with Crippen LogP contribution >= 0.6 is 0 Å². The van der Waals surface area contributed by atoms with Gasteiger partial charge in [0.15, 0.2) is 0 Å². The summed E-state index contributed by atoms with van der Waals surface area (Å²) in [6.45, 7) is 6.64. The van der Waals surface area contributed by atoms with Crippen LogP contribution in [0.1, 0.15) is 66.2 Å². The monoisotopic (exact) mass is 357 g/mol. The van der Waals surface area contributed by atoms with Crippen molar-refractivity contribution in [1.29, 1.82) is 0 Å². The summed E-state index contributed by atoms with van der Waals surface area (Å²) in [5.41, 5.74) is -2.07. The Hall–Kier alpha value is -1.40. The molecule has 6 nitrogen and oxygen atoms in total. The van der Waals surface area contributed by atoms with Crippen molar-refractivity contribution < 1.29 is 24.5 Å². The van der Waals surface area contributed by atoms with E-state index in [0.29, 0.717) is 6.42 Å². The molecule has 0 aromatic carbocycles. The molecular weight excluding hydrogens is 322 g/mol. The van der Waals surface area contributed by atoms with E-state index in [0.717, 1.165) is 19.3 Å². The summed E-state index contributed by atoms with van der Waals surface area (Å²) in [6.07, 6.45) is 9.01. The molecule has 0 radical (unpaired) electrons. The number of nitrogens with one attached hydrogen (secondary N) is 1. The number of amides is 1. The Kier molecular flexibility index (Phi) is 10.6. The molecule has 6 heteroatoms. The quantitative estimate of drug-likeness (QED) is 0.283. The van der Waals surface area contributed by atoms with Crippen molar-refractivity contribution in [2.75, 3.05) is 13.7 Å². The number of carbonyl (C=O) groups is 2. The molecule has 1 unspecified atom stereocenters. The summed E-state index contributed by atoms with van der Waals surface area (Å²) in [6, 6.07) is -1.00. The second-order valence-electron chi connectivity index (χ2n) is 7.40. The van der Waals surface area contributed by atoms with Gasteiger partial charge >= 0.3 is 5.97 Å². The van der Waals surface area contributed by atoms with Crippen molar-refractivity contribution in [3.63, 3.8) is 0 Å². The number of carbonyl (C=O) groups excluding carboxylic acids is 2. The number of unbranched alkanes of at least 4 members (excludes halogenated alkanes) is 4. The Morgan fingerprint density at radius 3 is 2.28 bits per heavy atom. The van der Waals surface area contributed by atoms with Crippen LogP contribution in [-0.4, -0.2) is 47.4 Å². The van der Waals surface area contributed by atoms with Gasteiger partial charge in [0.25, 0.3) is 0 Å². The van der Waals surface area contributed by atoms with Gasteiger partial charge in [0, 0.05) is 0 Å². The Morgan fingerprint density at radius 1 is 1.16 bits per heavy atom. The third-order valence-electron chi connectivity index (χ3n) is 4.19. The van der Waals surface area contributed by atoms with E-state index in [4.69, 9.17) is 4.74 Å². The van der Waals surface area contributed by atoms with Gasteiger partial charge < -0.3 is 20.3 Å². The van der Waals surface area contributed by atoms with Crippen molar-refractivity contribution in [1.82, 2.24) is 5.32 Å². The minimum absolute atomic E-state index is 0.341. The Balaban J connectivity index is 4.81. The van der Waals surface area contributed by atoms with Gasteiger partial charge in [-0.3, -0.25) is 4.79 Å². The van der Waals surface area contributed by atoms with Crippen molar-refractivity contribution in [3.8, 4) is 0 Å². The molecular formula is C19H35NO5. The number of hydrogen-bond donors (Lipinski definition) is 3. The Labute approximate surface area is 151 Å². The third kappa shape index (κ3) is 9.60. The average Bonchev–Trinajstić information content (AvgIpc) is 2.57. The second-order valence-corrected chi connectivity index (χ2v) is 7.40. The topological polar surface area (TPSA) is 95.9 Å². The van der Waals surface area contributed by atoms with E-state index in [1.54, 1.807) is 20.8 Å². The lowest BCUT2D eigenvalue weighted by molar-refractivity contribution is -0.145. The summed E-state index contributed by atoms with van der Waals surface area (Å²) in [7, 11) is 1.23. The highest BCUT2D eigenvalue weighted by molar-refractivity contribution is 5.88. The second kappa shape index (κ2) is 11.3. The fraction of sp³-hybridized carbons (Fsp3) is 0.789. The van der Waals surface area contributed by atoms with E-state index >= 15 is 0 Å². The van der Waals surface area contributed by atoms with Crippen LogP contribution in [0, 0.1) is 5.41 Å². The van der Waals surface area contributed by atoms with E-state index < -0.39 is 28.9 Å². The molecule has 0 aliphatic rings. The Bertz CT molecular complexity index is 443. The molecule has 0 aliphatic carbocycles. The molecule has 0 aliphatic heterocycles. The van der Waals surface area contributed by atoms with Crippen LogP contribution in [0.5, 0.6) is 0 Å². The number of methoxy groups -OCH3 is 1. The normalized spacial score (nSPS) is 15.6. The van der Waals surface area contributed by atoms with Crippen molar-refractivity contribution in [3.05, 3.63) is 12.2 Å². The maximum atomic E-state index is 12.1. The van der Waals surface area contributed by atoms with Crippen LogP contribution in [0.15, 0.2) is 12.2 Å². The molecule has 0 saturated heterocycles. The molecule has 0 spiro atoms. The molecule has 1 amide bonds. The molecule has 0 heterocycles. The van der Waals surface area contributed by atoms with Gasteiger partial charge in [-0.15, -0.1) is 0 Å². The standard InChI is InChI=1S/C19H35NO5/c1-6-7-8-9-10-12-19(4,24)13-11-15(16(22)25-5)20-17(23)18(2,3)14-21/h11,13,15,21,24H,6-10,12,14H2,1-5H3,(H,20,23)/t15-,19?/m0/s1. The van der Waals surface area contributed by atoms with Gasteiger partial charge in [0.2, 0.25) is 5.91 Å². The largest absolute Gasteiger partial charge is 0.467 e. The first-order chi connectivity index (χ1) is 11.6. The minimum Gasteiger partial charge on any atom is -0.467 e. The number of rotatable bonds is 12. The van der Waals surface area contributed by atoms with Gasteiger partial charge in [-0.2, -0.15) is 0 Å².